The molecule has 0 amide bonds. The van der Waals surface area contributed by atoms with Crippen LogP contribution in [-0.2, 0) is 10.8 Å². The largest absolute Gasteiger partial charge is 0.456 e. The van der Waals surface area contributed by atoms with Crippen molar-refractivity contribution in [2.75, 3.05) is 4.90 Å². The molecule has 3 unspecified atom stereocenters. The molecule has 7 aliphatic carbocycles. The van der Waals surface area contributed by atoms with Crippen LogP contribution < -0.4 is 4.90 Å². The van der Waals surface area contributed by atoms with Gasteiger partial charge in [0.05, 0.1) is 0 Å². The number of benzene rings is 5. The van der Waals surface area contributed by atoms with Gasteiger partial charge < -0.3 is 9.32 Å². The maximum absolute atomic E-state index is 6.39. The molecule has 6 aromatic rings. The van der Waals surface area contributed by atoms with E-state index < -0.39 is 0 Å². The number of rotatable bonds is 5. The van der Waals surface area contributed by atoms with E-state index in [9.17, 15) is 0 Å². The summed E-state index contributed by atoms with van der Waals surface area (Å²) in [5.74, 6) is 5.46. The van der Waals surface area contributed by atoms with Gasteiger partial charge in [0, 0.05) is 33.2 Å². The summed E-state index contributed by atoms with van der Waals surface area (Å²) in [4.78, 5) is 2.54. The lowest BCUT2D eigenvalue weighted by Crippen LogP contribution is -2.48. The van der Waals surface area contributed by atoms with Crippen molar-refractivity contribution in [1.29, 1.82) is 0 Å². The molecule has 13 rings (SSSR count). The van der Waals surface area contributed by atoms with Crippen LogP contribution >= 0.6 is 0 Å². The molecule has 0 radical (unpaired) electrons. The average Bonchev–Trinajstić information content (AvgIpc) is 3.93. The second-order valence-electron chi connectivity index (χ2n) is 18.8. The van der Waals surface area contributed by atoms with Crippen molar-refractivity contribution < 1.29 is 4.42 Å². The molecular formula is C50H49NO. The molecule has 0 N–H and O–H groups in total. The monoisotopic (exact) mass is 679 g/mol. The summed E-state index contributed by atoms with van der Waals surface area (Å²) in [6, 6.07) is 40.0. The van der Waals surface area contributed by atoms with E-state index in [1.54, 1.807) is 11.1 Å². The highest BCUT2D eigenvalue weighted by Crippen LogP contribution is 2.61. The summed E-state index contributed by atoms with van der Waals surface area (Å²) in [5, 5.41) is 2.48. The van der Waals surface area contributed by atoms with E-state index in [1.807, 2.05) is 0 Å². The topological polar surface area (TPSA) is 16.4 Å². The van der Waals surface area contributed by atoms with Gasteiger partial charge in [0.1, 0.15) is 11.2 Å². The molecule has 1 heterocycles. The summed E-state index contributed by atoms with van der Waals surface area (Å²) in [7, 11) is 0. The Bertz CT molecular complexity index is 2360. The van der Waals surface area contributed by atoms with Gasteiger partial charge in [-0.1, -0.05) is 74.9 Å². The quantitative estimate of drug-likeness (QED) is 0.180. The zero-order valence-electron chi connectivity index (χ0n) is 30.7. The second-order valence-corrected chi connectivity index (χ2v) is 18.8. The van der Waals surface area contributed by atoms with E-state index in [0.717, 1.165) is 46.7 Å². The maximum Gasteiger partial charge on any atom is 0.135 e. The molecule has 52 heavy (non-hydrogen) atoms. The number of nitrogens with zero attached hydrogens (tertiary/aromatic N) is 1. The zero-order valence-corrected chi connectivity index (χ0v) is 30.7. The van der Waals surface area contributed by atoms with Gasteiger partial charge in [-0.15, -0.1) is 0 Å². The zero-order chi connectivity index (χ0) is 34.3. The molecule has 0 aliphatic heterocycles. The predicted octanol–water partition coefficient (Wildman–Crippen LogP) is 13.7. The number of furan rings is 1. The van der Waals surface area contributed by atoms with E-state index in [0.29, 0.717) is 5.41 Å². The standard InChI is InChI=1S/C50H49NO/c1-49(2)44-26-39(17-18-40(44)41-19-20-46-47(48(41)49)42-5-3-4-6-45(42)52-46)51(37-13-9-34(10-14-37)43-25-30-7-8-35(43)24-30)38-15-11-36(12-16-38)50-27-31-21-32(28-50)23-33(22-31)29-50/h3-6,9-20,26,30-33,35,43H,7-8,21-25,27-29H2,1-2H3. The van der Waals surface area contributed by atoms with Crippen LogP contribution in [0.1, 0.15) is 106 Å². The molecule has 0 saturated heterocycles. The molecule has 260 valence electrons. The van der Waals surface area contributed by atoms with Crippen LogP contribution in [0.5, 0.6) is 0 Å². The van der Waals surface area contributed by atoms with Crippen LogP contribution in [0.25, 0.3) is 33.1 Å². The Hall–Kier alpha value is -4.30. The van der Waals surface area contributed by atoms with Gasteiger partial charge in [0.25, 0.3) is 0 Å². The first-order valence-corrected chi connectivity index (χ1v) is 20.5. The van der Waals surface area contributed by atoms with Crippen molar-refractivity contribution >= 4 is 39.0 Å². The minimum Gasteiger partial charge on any atom is -0.456 e. The fourth-order valence-corrected chi connectivity index (χ4v) is 13.6. The Balaban J connectivity index is 0.965. The Labute approximate surface area is 308 Å². The maximum atomic E-state index is 6.39. The van der Waals surface area contributed by atoms with E-state index in [-0.39, 0.29) is 5.41 Å². The van der Waals surface area contributed by atoms with Gasteiger partial charge in [0.2, 0.25) is 0 Å². The Morgan fingerprint density at radius 1 is 0.596 bits per heavy atom. The van der Waals surface area contributed by atoms with Gasteiger partial charge in [-0.25, -0.2) is 0 Å². The van der Waals surface area contributed by atoms with Crippen LogP contribution in [-0.4, -0.2) is 0 Å². The normalized spacial score (nSPS) is 30.3. The third kappa shape index (κ3) is 4.24. The summed E-state index contributed by atoms with van der Waals surface area (Å²) in [6.07, 6.45) is 14.4. The molecular weight excluding hydrogens is 631 g/mol. The summed E-state index contributed by atoms with van der Waals surface area (Å²) in [6.45, 7) is 4.83. The van der Waals surface area contributed by atoms with Crippen molar-refractivity contribution in [3.05, 3.63) is 125 Å². The third-order valence-corrected chi connectivity index (χ3v) is 15.5. The Kier molecular flexibility index (Phi) is 6.18. The fourth-order valence-electron chi connectivity index (χ4n) is 13.6. The first-order chi connectivity index (χ1) is 25.4. The highest BCUT2D eigenvalue weighted by Gasteiger charge is 2.51. The van der Waals surface area contributed by atoms with Crippen molar-refractivity contribution in [3.63, 3.8) is 0 Å². The number of anilines is 3. The van der Waals surface area contributed by atoms with Gasteiger partial charge in [-0.05, 0) is 181 Å². The lowest BCUT2D eigenvalue weighted by Gasteiger charge is -2.57. The summed E-state index contributed by atoms with van der Waals surface area (Å²) in [5.41, 5.74) is 14.6. The van der Waals surface area contributed by atoms with Crippen LogP contribution in [0, 0.1) is 29.6 Å². The SMILES string of the molecule is CC1(C)c2cc(N(c3ccc(C4CC5CCC4C5)cc3)c3ccc(C45CC6CC(CC(C6)C4)C5)cc3)ccc2-c2ccc3oc4ccccc4c3c21. The number of para-hydroxylation sites is 1. The van der Waals surface area contributed by atoms with Crippen LogP contribution in [0.15, 0.2) is 108 Å². The fraction of sp³-hybridized carbons (Fsp3) is 0.400. The first kappa shape index (κ1) is 30.2. The van der Waals surface area contributed by atoms with Crippen molar-refractivity contribution in [1.82, 2.24) is 0 Å². The molecule has 6 fully saturated rings. The highest BCUT2D eigenvalue weighted by atomic mass is 16.3. The second kappa shape index (κ2) is 10.6. The number of fused-ring (bicyclic) bond motifs is 9. The molecule has 6 bridgehead atoms. The summed E-state index contributed by atoms with van der Waals surface area (Å²) >= 11 is 0. The Morgan fingerprint density at radius 3 is 1.96 bits per heavy atom. The molecule has 3 atom stereocenters. The van der Waals surface area contributed by atoms with Crippen LogP contribution in [0.2, 0.25) is 0 Å². The summed E-state index contributed by atoms with van der Waals surface area (Å²) < 4.78 is 6.39. The molecule has 2 heteroatoms. The lowest BCUT2D eigenvalue weighted by atomic mass is 9.48. The lowest BCUT2D eigenvalue weighted by molar-refractivity contribution is -0.00518. The van der Waals surface area contributed by atoms with E-state index in [1.165, 1.54) is 114 Å². The van der Waals surface area contributed by atoms with Gasteiger partial charge in [0.15, 0.2) is 0 Å². The van der Waals surface area contributed by atoms with Crippen molar-refractivity contribution in [2.24, 2.45) is 29.6 Å². The molecule has 2 nitrogen and oxygen atoms in total. The first-order valence-electron chi connectivity index (χ1n) is 20.5. The molecule has 1 aromatic heterocycles. The highest BCUT2D eigenvalue weighted by molar-refractivity contribution is 6.11. The molecule has 6 saturated carbocycles. The minimum absolute atomic E-state index is 0.174. The van der Waals surface area contributed by atoms with Crippen LogP contribution in [0.4, 0.5) is 17.1 Å². The van der Waals surface area contributed by atoms with Crippen molar-refractivity contribution in [2.45, 2.75) is 94.8 Å². The number of hydrogen-bond donors (Lipinski definition) is 0. The van der Waals surface area contributed by atoms with Gasteiger partial charge in [-0.2, -0.15) is 0 Å². The molecule has 0 spiro atoms. The van der Waals surface area contributed by atoms with E-state index in [4.69, 9.17) is 4.42 Å². The molecule has 5 aromatic carbocycles. The minimum atomic E-state index is -0.174. The molecule has 7 aliphatic rings. The smallest absolute Gasteiger partial charge is 0.135 e. The van der Waals surface area contributed by atoms with E-state index >= 15 is 0 Å². The predicted molar refractivity (Wildman–Crippen MR) is 214 cm³/mol. The number of hydrogen-bond acceptors (Lipinski definition) is 2. The third-order valence-electron chi connectivity index (χ3n) is 15.5. The van der Waals surface area contributed by atoms with Gasteiger partial charge in [-0.3, -0.25) is 0 Å². The van der Waals surface area contributed by atoms with Crippen LogP contribution in [0.3, 0.4) is 0 Å². The van der Waals surface area contributed by atoms with Gasteiger partial charge >= 0.3 is 0 Å². The van der Waals surface area contributed by atoms with E-state index in [2.05, 4.69) is 122 Å². The van der Waals surface area contributed by atoms with Crippen molar-refractivity contribution in [3.8, 4) is 11.1 Å². The Morgan fingerprint density at radius 2 is 1.27 bits per heavy atom. The average molecular weight is 680 g/mol.